The first-order valence-corrected chi connectivity index (χ1v) is 9.44. The summed E-state index contributed by atoms with van der Waals surface area (Å²) >= 11 is 0. The van der Waals surface area contributed by atoms with Gasteiger partial charge in [-0.1, -0.05) is 12.1 Å². The number of hydrogen-bond acceptors (Lipinski definition) is 7. The molecular weight excluding hydrogens is 388 g/mol. The second-order valence-electron chi connectivity index (χ2n) is 6.23. The Morgan fingerprint density at radius 3 is 2.43 bits per heavy atom. The highest BCUT2D eigenvalue weighted by atomic mass is 32.2. The molecule has 3 rings (SSSR count). The minimum Gasteiger partial charge on any atom is -0.374 e. The topological polar surface area (TPSA) is 168 Å². The van der Waals surface area contributed by atoms with Crippen molar-refractivity contribution < 1.29 is 23.2 Å². The third-order valence-corrected chi connectivity index (χ3v) is 5.38. The maximum absolute atomic E-state index is 12.8. The van der Waals surface area contributed by atoms with Crippen molar-refractivity contribution in [3.05, 3.63) is 63.7 Å². The Morgan fingerprint density at radius 2 is 1.89 bits per heavy atom. The summed E-state index contributed by atoms with van der Waals surface area (Å²) in [5.74, 6) is -0.792. The first-order chi connectivity index (χ1) is 13.1. The van der Waals surface area contributed by atoms with Crippen LogP contribution in [-0.2, 0) is 27.0 Å². The molecule has 0 spiro atoms. The molecule has 0 aliphatic carbocycles. The Bertz CT molecular complexity index is 1120. The minimum atomic E-state index is -3.87. The van der Waals surface area contributed by atoms with Crippen LogP contribution in [0.1, 0.15) is 17.5 Å². The van der Waals surface area contributed by atoms with Crippen LogP contribution in [0.15, 0.2) is 47.4 Å². The van der Waals surface area contributed by atoms with E-state index in [9.17, 15) is 28.4 Å². The average Bonchev–Trinajstić information content (AvgIpc) is 2.83. The number of primary sulfonamides is 1. The normalized spacial score (nSPS) is 18.6. The molecular formula is C17H14N4O6S. The van der Waals surface area contributed by atoms with E-state index in [1.165, 1.54) is 41.3 Å². The van der Waals surface area contributed by atoms with Crippen molar-refractivity contribution in [1.29, 1.82) is 5.26 Å². The highest BCUT2D eigenvalue weighted by Gasteiger charge is 2.50. The van der Waals surface area contributed by atoms with Gasteiger partial charge in [-0.3, -0.25) is 14.9 Å². The van der Waals surface area contributed by atoms with Gasteiger partial charge in [-0.2, -0.15) is 5.26 Å². The van der Waals surface area contributed by atoms with Gasteiger partial charge in [0.2, 0.25) is 10.0 Å². The predicted octanol–water partition coefficient (Wildman–Crippen LogP) is 0.890. The van der Waals surface area contributed by atoms with E-state index in [2.05, 4.69) is 0 Å². The van der Waals surface area contributed by atoms with Crippen LogP contribution in [0, 0.1) is 21.4 Å². The molecule has 0 aromatic heterocycles. The molecule has 0 radical (unpaired) electrons. The summed E-state index contributed by atoms with van der Waals surface area (Å²) in [6, 6.07) is 10.8. The smallest absolute Gasteiger partial charge is 0.269 e. The molecule has 1 amide bonds. The number of nitrogens with two attached hydrogens (primary N) is 1. The van der Waals surface area contributed by atoms with Crippen LogP contribution in [-0.4, -0.2) is 24.4 Å². The zero-order chi connectivity index (χ0) is 20.7. The van der Waals surface area contributed by atoms with Crippen molar-refractivity contribution in [3.63, 3.8) is 0 Å². The summed E-state index contributed by atoms with van der Waals surface area (Å²) in [7, 11) is -3.87. The molecule has 1 heterocycles. The van der Waals surface area contributed by atoms with Gasteiger partial charge in [-0.25, -0.2) is 13.6 Å². The number of carbonyl (C=O) groups excluding carboxylic acids is 1. The fraction of sp³-hybridized carbons (Fsp3) is 0.176. The van der Waals surface area contributed by atoms with Gasteiger partial charge in [0.15, 0.2) is 5.60 Å². The van der Waals surface area contributed by atoms with E-state index in [1.807, 2.05) is 0 Å². The standard InChI is InChI=1S/C17H14N4O6S/c18-8-7-17(23)14-9-12(21(24)25)3-6-15(14)20(16(17)22)10-11-1-4-13(5-2-11)28(19,26)27/h1-6,9,23H,7,10H2,(H2,19,26,27). The maximum Gasteiger partial charge on any atom is 0.269 e. The predicted molar refractivity (Wildman–Crippen MR) is 96.2 cm³/mol. The summed E-state index contributed by atoms with van der Waals surface area (Å²) in [6.45, 7) is -0.0394. The second-order valence-corrected chi connectivity index (χ2v) is 7.80. The Morgan fingerprint density at radius 1 is 1.25 bits per heavy atom. The lowest BCUT2D eigenvalue weighted by molar-refractivity contribution is -0.385. The fourth-order valence-electron chi connectivity index (χ4n) is 3.06. The molecule has 0 bridgehead atoms. The number of nitrogens with zero attached hydrogens (tertiary/aromatic N) is 3. The van der Waals surface area contributed by atoms with Gasteiger partial charge in [0.05, 0.1) is 34.5 Å². The van der Waals surface area contributed by atoms with Crippen LogP contribution in [0.2, 0.25) is 0 Å². The number of rotatable bonds is 5. The van der Waals surface area contributed by atoms with Gasteiger partial charge < -0.3 is 10.0 Å². The van der Waals surface area contributed by atoms with Gasteiger partial charge in [0, 0.05) is 17.7 Å². The van der Waals surface area contributed by atoms with E-state index in [-0.39, 0.29) is 28.4 Å². The largest absolute Gasteiger partial charge is 0.374 e. The zero-order valence-electron chi connectivity index (χ0n) is 14.3. The van der Waals surface area contributed by atoms with E-state index in [0.717, 1.165) is 6.07 Å². The molecule has 1 unspecified atom stereocenters. The van der Waals surface area contributed by atoms with Crippen molar-refractivity contribution in [2.24, 2.45) is 5.14 Å². The highest BCUT2D eigenvalue weighted by molar-refractivity contribution is 7.89. The number of fused-ring (bicyclic) bond motifs is 1. The van der Waals surface area contributed by atoms with Crippen LogP contribution in [0.4, 0.5) is 11.4 Å². The summed E-state index contributed by atoms with van der Waals surface area (Å²) in [5, 5.41) is 35.9. The van der Waals surface area contributed by atoms with Crippen LogP contribution >= 0.6 is 0 Å². The lowest BCUT2D eigenvalue weighted by atomic mass is 9.92. The molecule has 0 fully saturated rings. The third kappa shape index (κ3) is 3.20. The Balaban J connectivity index is 2.02. The van der Waals surface area contributed by atoms with Crippen molar-refractivity contribution in [2.45, 2.75) is 23.5 Å². The first kappa shape index (κ1) is 19.4. The number of nitriles is 1. The highest BCUT2D eigenvalue weighted by Crippen LogP contribution is 2.44. The van der Waals surface area contributed by atoms with Crippen molar-refractivity contribution in [3.8, 4) is 6.07 Å². The van der Waals surface area contributed by atoms with E-state index in [1.54, 1.807) is 6.07 Å². The molecule has 0 saturated carbocycles. The average molecular weight is 402 g/mol. The number of benzene rings is 2. The van der Waals surface area contributed by atoms with Gasteiger partial charge >= 0.3 is 0 Å². The summed E-state index contributed by atoms with van der Waals surface area (Å²) in [6.07, 6.45) is -0.569. The molecule has 1 aliphatic rings. The van der Waals surface area contributed by atoms with Gasteiger partial charge in [0.25, 0.3) is 11.6 Å². The van der Waals surface area contributed by atoms with Gasteiger partial charge in [-0.05, 0) is 23.8 Å². The number of hydrogen-bond donors (Lipinski definition) is 2. The Hall–Kier alpha value is -3.33. The number of non-ortho nitro benzene ring substituents is 1. The molecule has 11 heteroatoms. The third-order valence-electron chi connectivity index (χ3n) is 4.45. The van der Waals surface area contributed by atoms with Crippen LogP contribution in [0.3, 0.4) is 0 Å². The molecule has 2 aromatic carbocycles. The van der Waals surface area contributed by atoms with E-state index in [4.69, 9.17) is 10.4 Å². The van der Waals surface area contributed by atoms with Crippen molar-refractivity contribution in [2.75, 3.05) is 4.90 Å². The second kappa shape index (κ2) is 6.68. The number of amides is 1. The number of carbonyl (C=O) groups is 1. The first-order valence-electron chi connectivity index (χ1n) is 7.90. The summed E-state index contributed by atoms with van der Waals surface area (Å²) in [4.78, 5) is 24.3. The van der Waals surface area contributed by atoms with Gasteiger partial charge in [-0.15, -0.1) is 0 Å². The van der Waals surface area contributed by atoms with E-state index in [0.29, 0.717) is 5.56 Å². The minimum absolute atomic E-state index is 0.0191. The number of nitro groups is 1. The lowest BCUT2D eigenvalue weighted by Gasteiger charge is -2.21. The van der Waals surface area contributed by atoms with Crippen LogP contribution in [0.5, 0.6) is 0 Å². The van der Waals surface area contributed by atoms with E-state index >= 15 is 0 Å². The molecule has 10 nitrogen and oxygen atoms in total. The zero-order valence-corrected chi connectivity index (χ0v) is 15.1. The number of aliphatic hydroxyl groups is 1. The molecule has 0 saturated heterocycles. The quantitative estimate of drug-likeness (QED) is 0.553. The SMILES string of the molecule is N#CCC1(O)C(=O)N(Cc2ccc(S(N)(=O)=O)cc2)c2ccc([N+](=O)[O-])cc21. The number of sulfonamides is 1. The number of nitro benzene ring substituents is 1. The maximum atomic E-state index is 12.8. The molecule has 1 atom stereocenters. The molecule has 28 heavy (non-hydrogen) atoms. The summed E-state index contributed by atoms with van der Waals surface area (Å²) < 4.78 is 22.7. The molecule has 3 N–H and O–H groups in total. The van der Waals surface area contributed by atoms with Crippen LogP contribution < -0.4 is 10.0 Å². The van der Waals surface area contributed by atoms with Gasteiger partial charge in [0.1, 0.15) is 0 Å². The monoisotopic (exact) mass is 402 g/mol. The van der Waals surface area contributed by atoms with Crippen molar-refractivity contribution in [1.82, 2.24) is 0 Å². The molecule has 1 aliphatic heterocycles. The van der Waals surface area contributed by atoms with Crippen molar-refractivity contribution >= 4 is 27.3 Å². The Labute approximate surface area is 159 Å². The fourth-order valence-corrected chi connectivity index (χ4v) is 3.58. The van der Waals surface area contributed by atoms with E-state index < -0.39 is 32.9 Å². The summed E-state index contributed by atoms with van der Waals surface area (Å²) in [5.41, 5.74) is -1.76. The Kier molecular flexibility index (Phi) is 4.64. The lowest BCUT2D eigenvalue weighted by Crippen LogP contribution is -2.39. The number of anilines is 1. The van der Waals surface area contributed by atoms with Crippen LogP contribution in [0.25, 0.3) is 0 Å². The molecule has 2 aromatic rings. The molecule has 144 valence electrons.